The molecule has 0 spiro atoms. The number of nitrogens with two attached hydrogens (primary N) is 2. The summed E-state index contributed by atoms with van der Waals surface area (Å²) in [6.07, 6.45) is 4.84. The number of hydrogen-bond donors (Lipinski definition) is 2. The normalized spacial score (nSPS) is 16.5. The van der Waals surface area contributed by atoms with Gasteiger partial charge in [0, 0.05) is 18.5 Å². The number of rotatable bonds is 9. The number of oxazole rings is 1. The third kappa shape index (κ3) is 5.94. The van der Waals surface area contributed by atoms with Crippen molar-refractivity contribution in [3.8, 4) is 11.5 Å². The minimum absolute atomic E-state index is 0.0214. The standard InChI is InChI=1S/C33H33N5O5/c34-31(40)33(16-8-3-9-17-33)43-30(39)28-29(41-21-36-28)27(18-22-10-4-1-5-11-22)38-20-23-19-25(14-15-26(23)37-32(38)35)42-24-12-6-2-7-13-24/h1-2,4-7,10-15,19,21,27H,3,8-9,16-18,20H2,(H2,34,40)(H2,35,37). The minimum atomic E-state index is -1.36. The van der Waals surface area contributed by atoms with Crippen LogP contribution in [-0.2, 0) is 22.5 Å². The molecular weight excluding hydrogens is 546 g/mol. The maximum Gasteiger partial charge on any atom is 0.361 e. The molecule has 220 valence electrons. The van der Waals surface area contributed by atoms with Crippen molar-refractivity contribution < 1.29 is 23.5 Å². The van der Waals surface area contributed by atoms with Crippen LogP contribution in [0, 0.1) is 0 Å². The van der Waals surface area contributed by atoms with Crippen molar-refractivity contribution in [2.75, 3.05) is 0 Å². The quantitative estimate of drug-likeness (QED) is 0.245. The monoisotopic (exact) mass is 579 g/mol. The van der Waals surface area contributed by atoms with Crippen LogP contribution in [0.1, 0.15) is 65.5 Å². The van der Waals surface area contributed by atoms with Gasteiger partial charge in [0.05, 0.1) is 11.7 Å². The van der Waals surface area contributed by atoms with Crippen LogP contribution in [0.3, 0.4) is 0 Å². The number of carbonyl (C=O) groups is 2. The second-order valence-corrected chi connectivity index (χ2v) is 10.9. The van der Waals surface area contributed by atoms with E-state index in [1.54, 1.807) is 0 Å². The van der Waals surface area contributed by atoms with E-state index < -0.39 is 23.5 Å². The lowest BCUT2D eigenvalue weighted by molar-refractivity contribution is -0.140. The smallest absolute Gasteiger partial charge is 0.361 e. The minimum Gasteiger partial charge on any atom is -0.457 e. The van der Waals surface area contributed by atoms with Gasteiger partial charge in [0.1, 0.15) is 11.5 Å². The number of fused-ring (bicyclic) bond motifs is 1. The van der Waals surface area contributed by atoms with E-state index in [1.165, 1.54) is 6.39 Å². The summed E-state index contributed by atoms with van der Waals surface area (Å²) in [4.78, 5) is 36.8. The molecule has 43 heavy (non-hydrogen) atoms. The Labute approximate surface area is 249 Å². The van der Waals surface area contributed by atoms with Crippen LogP contribution in [0.2, 0.25) is 0 Å². The third-order valence-corrected chi connectivity index (χ3v) is 8.04. The van der Waals surface area contributed by atoms with Gasteiger partial charge in [-0.3, -0.25) is 4.79 Å². The molecule has 4 aromatic rings. The molecule has 1 unspecified atom stereocenters. The summed E-state index contributed by atoms with van der Waals surface area (Å²) in [6, 6.07) is 24.4. The Balaban J connectivity index is 1.33. The number of primary amides is 1. The number of nitrogens with zero attached hydrogens (tertiary/aromatic N) is 3. The van der Waals surface area contributed by atoms with Crippen molar-refractivity contribution in [1.29, 1.82) is 0 Å². The summed E-state index contributed by atoms with van der Waals surface area (Å²) in [5, 5.41) is 0. The fourth-order valence-corrected chi connectivity index (χ4v) is 5.78. The van der Waals surface area contributed by atoms with Gasteiger partial charge in [-0.15, -0.1) is 0 Å². The lowest BCUT2D eigenvalue weighted by Gasteiger charge is -2.35. The fourth-order valence-electron chi connectivity index (χ4n) is 5.78. The zero-order valence-corrected chi connectivity index (χ0v) is 23.6. The number of benzene rings is 3. The van der Waals surface area contributed by atoms with E-state index in [0.717, 1.165) is 41.8 Å². The van der Waals surface area contributed by atoms with Crippen molar-refractivity contribution in [3.63, 3.8) is 0 Å². The number of guanidine groups is 1. The Hall–Kier alpha value is -5.12. The number of ether oxygens (including phenoxy) is 2. The van der Waals surface area contributed by atoms with Crippen LogP contribution in [-0.4, -0.2) is 33.3 Å². The van der Waals surface area contributed by atoms with E-state index in [9.17, 15) is 9.59 Å². The number of aliphatic imine (C=N–C) groups is 1. The van der Waals surface area contributed by atoms with E-state index in [1.807, 2.05) is 83.8 Å². The highest BCUT2D eigenvalue weighted by Gasteiger charge is 2.43. The summed E-state index contributed by atoms with van der Waals surface area (Å²) in [7, 11) is 0. The molecule has 10 nitrogen and oxygen atoms in total. The Bertz CT molecular complexity index is 1630. The molecule has 1 atom stereocenters. The van der Waals surface area contributed by atoms with Gasteiger partial charge < -0.3 is 30.3 Å². The third-order valence-electron chi connectivity index (χ3n) is 8.04. The molecule has 1 aliphatic carbocycles. The Kier molecular flexibility index (Phi) is 7.83. The number of amides is 1. The highest BCUT2D eigenvalue weighted by Crippen LogP contribution is 2.38. The summed E-state index contributed by atoms with van der Waals surface area (Å²) in [5.41, 5.74) is 13.5. The van der Waals surface area contributed by atoms with Gasteiger partial charge in [-0.05, 0) is 61.6 Å². The van der Waals surface area contributed by atoms with Crippen LogP contribution in [0.15, 0.2) is 94.7 Å². The molecule has 2 aliphatic rings. The largest absolute Gasteiger partial charge is 0.457 e. The van der Waals surface area contributed by atoms with Gasteiger partial charge >= 0.3 is 5.97 Å². The van der Waals surface area contributed by atoms with Crippen molar-refractivity contribution in [2.45, 2.75) is 56.7 Å². The maximum absolute atomic E-state index is 13.6. The van der Waals surface area contributed by atoms with E-state index >= 15 is 0 Å². The molecule has 1 aromatic heterocycles. The van der Waals surface area contributed by atoms with Gasteiger partial charge in [-0.2, -0.15) is 0 Å². The van der Waals surface area contributed by atoms with Crippen LogP contribution in [0.25, 0.3) is 0 Å². The van der Waals surface area contributed by atoms with Gasteiger partial charge in [-0.1, -0.05) is 55.0 Å². The summed E-state index contributed by atoms with van der Waals surface area (Å²) in [5.74, 6) is 0.507. The number of aromatic nitrogens is 1. The SMILES string of the molecule is NC(=O)C1(OC(=O)c2ncoc2C(Cc2ccccc2)N2Cc3cc(Oc4ccccc4)ccc3N=C2N)CCCCC1. The van der Waals surface area contributed by atoms with E-state index in [-0.39, 0.29) is 17.4 Å². The maximum atomic E-state index is 13.6. The molecule has 0 saturated heterocycles. The highest BCUT2D eigenvalue weighted by molar-refractivity contribution is 5.93. The molecule has 1 amide bonds. The summed E-state index contributed by atoms with van der Waals surface area (Å²) >= 11 is 0. The Morgan fingerprint density at radius 1 is 0.953 bits per heavy atom. The van der Waals surface area contributed by atoms with Crippen molar-refractivity contribution in [3.05, 3.63) is 108 Å². The Morgan fingerprint density at radius 2 is 1.67 bits per heavy atom. The molecule has 0 radical (unpaired) electrons. The van der Waals surface area contributed by atoms with Crippen LogP contribution < -0.4 is 16.2 Å². The lowest BCUT2D eigenvalue weighted by Crippen LogP contribution is -2.49. The molecule has 1 aliphatic heterocycles. The second-order valence-electron chi connectivity index (χ2n) is 10.9. The lowest BCUT2D eigenvalue weighted by atomic mass is 9.84. The molecule has 1 fully saturated rings. The number of hydrogen-bond acceptors (Lipinski definition) is 9. The van der Waals surface area contributed by atoms with Crippen LogP contribution in [0.4, 0.5) is 5.69 Å². The fraction of sp³-hybridized carbons (Fsp3) is 0.273. The van der Waals surface area contributed by atoms with Crippen LogP contribution >= 0.6 is 0 Å². The first kappa shape index (κ1) is 28.0. The number of esters is 1. The molecule has 6 rings (SSSR count). The number of carbonyl (C=O) groups excluding carboxylic acids is 2. The first-order chi connectivity index (χ1) is 20.9. The van der Waals surface area contributed by atoms with Gasteiger partial charge in [0.25, 0.3) is 5.91 Å². The van der Waals surface area contributed by atoms with Crippen molar-refractivity contribution in [1.82, 2.24) is 9.88 Å². The van der Waals surface area contributed by atoms with E-state index in [2.05, 4.69) is 9.98 Å². The zero-order valence-electron chi connectivity index (χ0n) is 23.6. The van der Waals surface area contributed by atoms with Crippen molar-refractivity contribution >= 4 is 23.5 Å². The topological polar surface area (TPSA) is 146 Å². The molecule has 2 heterocycles. The average Bonchev–Trinajstić information content (AvgIpc) is 3.51. The van der Waals surface area contributed by atoms with Gasteiger partial charge in [-0.25, -0.2) is 14.8 Å². The molecule has 1 saturated carbocycles. The highest BCUT2D eigenvalue weighted by atomic mass is 16.6. The molecule has 3 aromatic carbocycles. The van der Waals surface area contributed by atoms with E-state index in [4.69, 9.17) is 25.4 Å². The predicted molar refractivity (Wildman–Crippen MR) is 160 cm³/mol. The Morgan fingerprint density at radius 3 is 2.40 bits per heavy atom. The van der Waals surface area contributed by atoms with Crippen LogP contribution in [0.5, 0.6) is 11.5 Å². The van der Waals surface area contributed by atoms with Gasteiger partial charge in [0.2, 0.25) is 0 Å². The zero-order chi connectivity index (χ0) is 29.8. The molecular formula is C33H33N5O5. The molecule has 4 N–H and O–H groups in total. The predicted octanol–water partition coefficient (Wildman–Crippen LogP) is 5.56. The van der Waals surface area contributed by atoms with Crippen molar-refractivity contribution in [2.24, 2.45) is 16.5 Å². The first-order valence-electron chi connectivity index (χ1n) is 14.4. The molecule has 0 bridgehead atoms. The van der Waals surface area contributed by atoms with Gasteiger partial charge in [0.15, 0.2) is 29.4 Å². The van der Waals surface area contributed by atoms with E-state index in [0.29, 0.717) is 31.6 Å². The first-order valence-corrected chi connectivity index (χ1v) is 14.4. The average molecular weight is 580 g/mol. The number of para-hydroxylation sites is 1. The summed E-state index contributed by atoms with van der Waals surface area (Å²) in [6.45, 7) is 0.370. The second kappa shape index (κ2) is 12.0. The summed E-state index contributed by atoms with van der Waals surface area (Å²) < 4.78 is 17.8. The molecule has 10 heteroatoms.